The summed E-state index contributed by atoms with van der Waals surface area (Å²) in [7, 11) is 0. The molecule has 1 N–H and O–H groups in total. The van der Waals surface area contributed by atoms with Crippen LogP contribution in [0.5, 0.6) is 5.75 Å². The lowest BCUT2D eigenvalue weighted by Gasteiger charge is -2.29. The quantitative estimate of drug-likeness (QED) is 0.719. The number of ether oxygens (including phenoxy) is 1. The van der Waals surface area contributed by atoms with E-state index in [4.69, 9.17) is 4.74 Å². The highest BCUT2D eigenvalue weighted by molar-refractivity contribution is 5.88. The van der Waals surface area contributed by atoms with Crippen molar-refractivity contribution < 1.29 is 14.3 Å². The van der Waals surface area contributed by atoms with Crippen LogP contribution in [0, 0.1) is 6.92 Å². The van der Waals surface area contributed by atoms with Gasteiger partial charge in [0.15, 0.2) is 6.61 Å². The number of amides is 2. The Morgan fingerprint density at radius 2 is 1.79 bits per heavy atom. The van der Waals surface area contributed by atoms with Crippen molar-refractivity contribution in [3.63, 3.8) is 0 Å². The lowest BCUT2D eigenvalue weighted by molar-refractivity contribution is -0.142. The summed E-state index contributed by atoms with van der Waals surface area (Å²) in [6.45, 7) is 7.93. The highest BCUT2D eigenvalue weighted by atomic mass is 16.5. The molecule has 0 fully saturated rings. The molecule has 0 bridgehead atoms. The van der Waals surface area contributed by atoms with E-state index in [2.05, 4.69) is 5.32 Å². The van der Waals surface area contributed by atoms with Crippen LogP contribution in [0.3, 0.4) is 0 Å². The lowest BCUT2D eigenvalue weighted by Crippen LogP contribution is -2.50. The fourth-order valence-electron chi connectivity index (χ4n) is 2.76. The molecule has 28 heavy (non-hydrogen) atoms. The molecule has 0 saturated carbocycles. The zero-order chi connectivity index (χ0) is 20.5. The van der Waals surface area contributed by atoms with E-state index in [9.17, 15) is 9.59 Å². The molecule has 0 saturated heterocycles. The van der Waals surface area contributed by atoms with Crippen molar-refractivity contribution in [1.82, 2.24) is 10.2 Å². The Bertz CT molecular complexity index is 776. The number of nitrogens with zero attached hydrogens (tertiary/aromatic N) is 1. The summed E-state index contributed by atoms with van der Waals surface area (Å²) >= 11 is 0. The van der Waals surface area contributed by atoms with Gasteiger partial charge in [0.05, 0.1) is 0 Å². The summed E-state index contributed by atoms with van der Waals surface area (Å²) in [5.41, 5.74) is 2.03. The highest BCUT2D eigenvalue weighted by Gasteiger charge is 2.27. The Hall–Kier alpha value is -2.82. The van der Waals surface area contributed by atoms with Crippen LogP contribution < -0.4 is 10.1 Å². The van der Waals surface area contributed by atoms with Crippen molar-refractivity contribution in [2.45, 2.75) is 52.7 Å². The van der Waals surface area contributed by atoms with Gasteiger partial charge in [-0.3, -0.25) is 9.59 Å². The second kappa shape index (κ2) is 10.5. The predicted octanol–water partition coefficient (Wildman–Crippen LogP) is 3.71. The zero-order valence-corrected chi connectivity index (χ0v) is 17.1. The van der Waals surface area contributed by atoms with Gasteiger partial charge in [0, 0.05) is 12.6 Å². The average molecular weight is 383 g/mol. The van der Waals surface area contributed by atoms with E-state index in [0.29, 0.717) is 12.3 Å². The van der Waals surface area contributed by atoms with Gasteiger partial charge in [-0.25, -0.2) is 0 Å². The SMILES string of the molecule is CC[C@@H](C)NC(=O)[C@H](C)N(Cc1ccccc1)C(=O)COc1cccc(C)c1. The molecular formula is C23H30N2O3. The van der Waals surface area contributed by atoms with Crippen molar-refractivity contribution in [1.29, 1.82) is 0 Å². The molecule has 150 valence electrons. The molecule has 0 aliphatic rings. The van der Waals surface area contributed by atoms with Crippen LogP contribution in [0.25, 0.3) is 0 Å². The van der Waals surface area contributed by atoms with Gasteiger partial charge in [-0.05, 0) is 50.5 Å². The number of carbonyl (C=O) groups excluding carboxylic acids is 2. The smallest absolute Gasteiger partial charge is 0.261 e. The maximum Gasteiger partial charge on any atom is 0.261 e. The summed E-state index contributed by atoms with van der Waals surface area (Å²) in [5, 5.41) is 2.96. The standard InChI is InChI=1S/C23H30N2O3/c1-5-18(3)24-23(27)19(4)25(15-20-11-7-6-8-12-20)22(26)16-28-21-13-9-10-17(2)14-21/h6-14,18-19H,5,15-16H2,1-4H3,(H,24,27)/t18-,19+/m1/s1. The van der Waals surface area contributed by atoms with Gasteiger partial charge in [-0.15, -0.1) is 0 Å². The number of hydrogen-bond donors (Lipinski definition) is 1. The largest absolute Gasteiger partial charge is 0.484 e. The first kappa shape index (κ1) is 21.5. The summed E-state index contributed by atoms with van der Waals surface area (Å²) in [6, 6.07) is 16.7. The molecule has 0 aromatic heterocycles. The summed E-state index contributed by atoms with van der Waals surface area (Å²) in [6.07, 6.45) is 0.835. The van der Waals surface area contributed by atoms with Crippen LogP contribution >= 0.6 is 0 Å². The van der Waals surface area contributed by atoms with Crippen LogP contribution in [0.4, 0.5) is 0 Å². The van der Waals surface area contributed by atoms with Crippen molar-refractivity contribution in [2.75, 3.05) is 6.61 Å². The number of nitrogens with one attached hydrogen (secondary N) is 1. The Balaban J connectivity index is 2.11. The van der Waals surface area contributed by atoms with Crippen molar-refractivity contribution in [3.8, 4) is 5.75 Å². The molecule has 2 amide bonds. The molecule has 2 rings (SSSR count). The molecule has 0 radical (unpaired) electrons. The molecule has 5 nitrogen and oxygen atoms in total. The van der Waals surface area contributed by atoms with Gasteiger partial charge in [0.25, 0.3) is 5.91 Å². The Kier molecular flexibility index (Phi) is 8.05. The van der Waals surface area contributed by atoms with E-state index in [1.165, 1.54) is 0 Å². The third kappa shape index (κ3) is 6.41. The highest BCUT2D eigenvalue weighted by Crippen LogP contribution is 2.14. The Labute approximate surface area is 167 Å². The van der Waals surface area contributed by atoms with E-state index < -0.39 is 6.04 Å². The van der Waals surface area contributed by atoms with E-state index in [-0.39, 0.29) is 24.5 Å². The first-order chi connectivity index (χ1) is 13.4. The zero-order valence-electron chi connectivity index (χ0n) is 17.1. The van der Waals surface area contributed by atoms with Crippen molar-refractivity contribution in [2.24, 2.45) is 0 Å². The predicted molar refractivity (Wildman–Crippen MR) is 111 cm³/mol. The first-order valence-corrected chi connectivity index (χ1v) is 9.74. The molecular weight excluding hydrogens is 352 g/mol. The summed E-state index contributed by atoms with van der Waals surface area (Å²) < 4.78 is 5.68. The molecule has 5 heteroatoms. The van der Waals surface area contributed by atoms with Crippen molar-refractivity contribution >= 4 is 11.8 Å². The molecule has 2 atom stereocenters. The topological polar surface area (TPSA) is 58.6 Å². The second-order valence-corrected chi connectivity index (χ2v) is 7.11. The summed E-state index contributed by atoms with van der Waals surface area (Å²) in [5.74, 6) is 0.260. The van der Waals surface area contributed by atoms with Gasteiger partial charge in [0.1, 0.15) is 11.8 Å². The molecule has 2 aromatic rings. The molecule has 0 aliphatic carbocycles. The normalized spacial score (nSPS) is 12.7. The minimum absolute atomic E-state index is 0.0622. The fourth-order valence-corrected chi connectivity index (χ4v) is 2.76. The fraction of sp³-hybridized carbons (Fsp3) is 0.391. The first-order valence-electron chi connectivity index (χ1n) is 9.74. The van der Waals surface area contributed by atoms with E-state index in [1.54, 1.807) is 11.8 Å². The van der Waals surface area contributed by atoms with Gasteiger partial charge < -0.3 is 15.0 Å². The third-order valence-electron chi connectivity index (χ3n) is 4.72. The number of carbonyl (C=O) groups is 2. The van der Waals surface area contributed by atoms with Crippen LogP contribution in [0.15, 0.2) is 54.6 Å². The summed E-state index contributed by atoms with van der Waals surface area (Å²) in [4.78, 5) is 27.1. The van der Waals surface area contributed by atoms with Crippen LogP contribution in [0.2, 0.25) is 0 Å². The molecule has 0 aliphatic heterocycles. The monoisotopic (exact) mass is 382 g/mol. The van der Waals surface area contributed by atoms with E-state index >= 15 is 0 Å². The van der Waals surface area contributed by atoms with E-state index in [1.807, 2.05) is 75.4 Å². The maximum absolute atomic E-state index is 12.9. The number of rotatable bonds is 9. The van der Waals surface area contributed by atoms with Gasteiger partial charge in [0.2, 0.25) is 5.91 Å². The number of hydrogen-bond acceptors (Lipinski definition) is 3. The minimum atomic E-state index is -0.595. The Morgan fingerprint density at radius 3 is 2.43 bits per heavy atom. The minimum Gasteiger partial charge on any atom is -0.484 e. The maximum atomic E-state index is 12.9. The molecule has 0 spiro atoms. The van der Waals surface area contributed by atoms with Gasteiger partial charge in [-0.2, -0.15) is 0 Å². The Morgan fingerprint density at radius 1 is 1.07 bits per heavy atom. The second-order valence-electron chi connectivity index (χ2n) is 7.11. The third-order valence-corrected chi connectivity index (χ3v) is 4.72. The van der Waals surface area contributed by atoms with Gasteiger partial charge in [-0.1, -0.05) is 49.4 Å². The molecule has 0 heterocycles. The van der Waals surface area contributed by atoms with Crippen molar-refractivity contribution in [3.05, 3.63) is 65.7 Å². The van der Waals surface area contributed by atoms with Crippen LogP contribution in [-0.2, 0) is 16.1 Å². The number of benzene rings is 2. The lowest BCUT2D eigenvalue weighted by atomic mass is 10.1. The average Bonchev–Trinajstić information content (AvgIpc) is 2.70. The number of aryl methyl sites for hydroxylation is 1. The van der Waals surface area contributed by atoms with Crippen LogP contribution in [0.1, 0.15) is 38.3 Å². The van der Waals surface area contributed by atoms with E-state index in [0.717, 1.165) is 17.5 Å². The molecule has 0 unspecified atom stereocenters. The van der Waals surface area contributed by atoms with Crippen LogP contribution in [-0.4, -0.2) is 35.4 Å². The van der Waals surface area contributed by atoms with Gasteiger partial charge >= 0.3 is 0 Å². The molecule has 2 aromatic carbocycles.